The third-order valence-electron chi connectivity index (χ3n) is 4.55. The zero-order valence-corrected chi connectivity index (χ0v) is 18.3. The van der Waals surface area contributed by atoms with Crippen LogP contribution in [0.25, 0.3) is 0 Å². The predicted molar refractivity (Wildman–Crippen MR) is 107 cm³/mol. The van der Waals surface area contributed by atoms with Crippen molar-refractivity contribution < 1.29 is 17.7 Å². The quantitative estimate of drug-likeness (QED) is 0.795. The lowest BCUT2D eigenvalue weighted by Gasteiger charge is -2.23. The summed E-state index contributed by atoms with van der Waals surface area (Å²) in [6.45, 7) is 11.4. The van der Waals surface area contributed by atoms with Crippen LogP contribution in [-0.4, -0.2) is 37.5 Å². The SMILES string of the molecule is Cc1noc(C)c1S(=O)(=O)N[C@@H](C)C(=O)N(C)Cc1ccc(C(C)(C)C)cc1. The largest absolute Gasteiger partial charge is 0.360 e. The maximum Gasteiger partial charge on any atom is 0.246 e. The van der Waals surface area contributed by atoms with E-state index in [4.69, 9.17) is 4.52 Å². The second-order valence-electron chi connectivity index (χ2n) is 8.14. The first-order valence-electron chi connectivity index (χ1n) is 9.12. The molecule has 0 saturated carbocycles. The zero-order valence-electron chi connectivity index (χ0n) is 17.5. The Labute approximate surface area is 167 Å². The van der Waals surface area contributed by atoms with Crippen molar-refractivity contribution in [3.63, 3.8) is 0 Å². The van der Waals surface area contributed by atoms with Crippen LogP contribution in [0.5, 0.6) is 0 Å². The average Bonchev–Trinajstić information content (AvgIpc) is 2.92. The monoisotopic (exact) mass is 407 g/mol. The zero-order chi connectivity index (χ0) is 21.3. The van der Waals surface area contributed by atoms with Gasteiger partial charge in [-0.2, -0.15) is 4.72 Å². The van der Waals surface area contributed by atoms with E-state index in [0.29, 0.717) is 6.54 Å². The van der Waals surface area contributed by atoms with Crippen molar-refractivity contribution in [2.75, 3.05) is 7.05 Å². The van der Waals surface area contributed by atoms with Crippen LogP contribution in [0.4, 0.5) is 0 Å². The number of hydrogen-bond acceptors (Lipinski definition) is 5. The van der Waals surface area contributed by atoms with E-state index >= 15 is 0 Å². The molecule has 7 nitrogen and oxygen atoms in total. The molecule has 0 aliphatic rings. The molecule has 0 aliphatic carbocycles. The van der Waals surface area contributed by atoms with Gasteiger partial charge in [0.2, 0.25) is 15.9 Å². The Bertz CT molecular complexity index is 921. The molecule has 1 N–H and O–H groups in total. The number of carbonyl (C=O) groups excluding carboxylic acids is 1. The smallest absolute Gasteiger partial charge is 0.246 e. The molecule has 1 aromatic carbocycles. The van der Waals surface area contributed by atoms with Crippen LogP contribution >= 0.6 is 0 Å². The molecular formula is C20H29N3O4S. The number of rotatable bonds is 6. The molecule has 1 atom stereocenters. The molecule has 2 rings (SSSR count). The fraction of sp³-hybridized carbons (Fsp3) is 0.500. The van der Waals surface area contributed by atoms with Gasteiger partial charge in [0.1, 0.15) is 10.6 Å². The summed E-state index contributed by atoms with van der Waals surface area (Å²) in [4.78, 5) is 14.1. The molecule has 0 radical (unpaired) electrons. The lowest BCUT2D eigenvalue weighted by molar-refractivity contribution is -0.131. The van der Waals surface area contributed by atoms with Gasteiger partial charge in [-0.25, -0.2) is 8.42 Å². The first-order chi connectivity index (χ1) is 12.8. The summed E-state index contributed by atoms with van der Waals surface area (Å²) in [5.41, 5.74) is 2.51. The topological polar surface area (TPSA) is 92.5 Å². The Morgan fingerprint density at radius 1 is 1.21 bits per heavy atom. The van der Waals surface area contributed by atoms with Crippen LogP contribution in [0.3, 0.4) is 0 Å². The number of nitrogens with one attached hydrogen (secondary N) is 1. The molecule has 0 bridgehead atoms. The van der Waals surface area contributed by atoms with E-state index in [-0.39, 0.29) is 27.7 Å². The summed E-state index contributed by atoms with van der Waals surface area (Å²) in [5.74, 6) is -0.132. The average molecular weight is 408 g/mol. The second-order valence-corrected chi connectivity index (χ2v) is 9.79. The van der Waals surface area contributed by atoms with Crippen molar-refractivity contribution in [2.45, 2.75) is 64.4 Å². The Kier molecular flexibility index (Phi) is 6.35. The van der Waals surface area contributed by atoms with Gasteiger partial charge in [-0.1, -0.05) is 50.2 Å². The molecule has 2 aromatic rings. The van der Waals surface area contributed by atoms with Gasteiger partial charge < -0.3 is 9.42 Å². The molecule has 1 aromatic heterocycles. The molecule has 0 fully saturated rings. The third-order valence-corrected chi connectivity index (χ3v) is 6.34. The van der Waals surface area contributed by atoms with Gasteiger partial charge in [0.15, 0.2) is 5.76 Å². The van der Waals surface area contributed by atoms with Crippen LogP contribution in [0.1, 0.15) is 50.3 Å². The molecule has 1 amide bonds. The minimum atomic E-state index is -3.90. The number of likely N-dealkylation sites (N-methyl/N-ethyl adjacent to an activating group) is 1. The predicted octanol–water partition coefficient (Wildman–Crippen LogP) is 2.91. The Balaban J connectivity index is 2.06. The number of nitrogens with zero attached hydrogens (tertiary/aromatic N) is 2. The highest BCUT2D eigenvalue weighted by Crippen LogP contribution is 2.23. The summed E-state index contributed by atoms with van der Waals surface area (Å²) in [5, 5.41) is 3.66. The molecule has 28 heavy (non-hydrogen) atoms. The molecule has 0 aliphatic heterocycles. The Hall–Kier alpha value is -2.19. The van der Waals surface area contributed by atoms with E-state index in [1.807, 2.05) is 12.1 Å². The summed E-state index contributed by atoms with van der Waals surface area (Å²) < 4.78 is 32.5. The van der Waals surface area contributed by atoms with Crippen LogP contribution in [0.2, 0.25) is 0 Å². The molecule has 0 spiro atoms. The summed E-state index contributed by atoms with van der Waals surface area (Å²) >= 11 is 0. The second kappa shape index (κ2) is 8.05. The number of hydrogen-bond donors (Lipinski definition) is 1. The summed E-state index contributed by atoms with van der Waals surface area (Å²) in [6.07, 6.45) is 0. The van der Waals surface area contributed by atoms with Crippen molar-refractivity contribution in [2.24, 2.45) is 0 Å². The van der Waals surface area contributed by atoms with Gasteiger partial charge in [-0.15, -0.1) is 0 Å². The molecule has 0 unspecified atom stereocenters. The lowest BCUT2D eigenvalue weighted by atomic mass is 9.87. The maximum atomic E-state index is 12.7. The van der Waals surface area contributed by atoms with Crippen molar-refractivity contribution in [3.8, 4) is 0 Å². The maximum absolute atomic E-state index is 12.7. The minimum Gasteiger partial charge on any atom is -0.360 e. The van der Waals surface area contributed by atoms with Gasteiger partial charge in [-0.3, -0.25) is 4.79 Å². The standard InChI is InChI=1S/C20H29N3O4S/c1-13-18(15(3)27-21-13)28(25,26)22-14(2)19(24)23(7)12-16-8-10-17(11-9-16)20(4,5)6/h8-11,14,22H,12H2,1-7H3/t14-/m0/s1. The van der Waals surface area contributed by atoms with Crippen molar-refractivity contribution in [3.05, 3.63) is 46.8 Å². The highest BCUT2D eigenvalue weighted by Gasteiger charge is 2.29. The van der Waals surface area contributed by atoms with Crippen LogP contribution < -0.4 is 4.72 Å². The van der Waals surface area contributed by atoms with Gasteiger partial charge in [-0.05, 0) is 37.3 Å². The van der Waals surface area contributed by atoms with E-state index in [1.54, 1.807) is 14.0 Å². The Morgan fingerprint density at radius 3 is 2.25 bits per heavy atom. The fourth-order valence-electron chi connectivity index (χ4n) is 2.99. The van der Waals surface area contributed by atoms with Gasteiger partial charge in [0, 0.05) is 13.6 Å². The summed E-state index contributed by atoms with van der Waals surface area (Å²) in [6, 6.07) is 7.17. The normalized spacial score (nSPS) is 13.4. The van der Waals surface area contributed by atoms with Crippen LogP contribution in [-0.2, 0) is 26.8 Å². The molecule has 154 valence electrons. The van der Waals surface area contributed by atoms with Gasteiger partial charge >= 0.3 is 0 Å². The van der Waals surface area contributed by atoms with Crippen molar-refractivity contribution in [1.82, 2.24) is 14.8 Å². The Morgan fingerprint density at radius 2 is 1.79 bits per heavy atom. The van der Waals surface area contributed by atoms with E-state index in [2.05, 4.69) is 42.8 Å². The van der Waals surface area contributed by atoms with E-state index < -0.39 is 16.1 Å². The first kappa shape index (κ1) is 22.1. The highest BCUT2D eigenvalue weighted by molar-refractivity contribution is 7.89. The van der Waals surface area contributed by atoms with E-state index in [9.17, 15) is 13.2 Å². The van der Waals surface area contributed by atoms with E-state index in [0.717, 1.165) is 5.56 Å². The molecule has 0 saturated heterocycles. The number of aromatic nitrogens is 1. The fourth-order valence-corrected chi connectivity index (χ4v) is 4.52. The first-order valence-corrected chi connectivity index (χ1v) is 10.6. The number of sulfonamides is 1. The number of aryl methyl sites for hydroxylation is 2. The van der Waals surface area contributed by atoms with Gasteiger partial charge in [0.25, 0.3) is 0 Å². The van der Waals surface area contributed by atoms with Crippen LogP contribution in [0, 0.1) is 13.8 Å². The molecule has 8 heteroatoms. The van der Waals surface area contributed by atoms with Crippen LogP contribution in [0.15, 0.2) is 33.7 Å². The summed E-state index contributed by atoms with van der Waals surface area (Å²) in [7, 11) is -2.25. The van der Waals surface area contributed by atoms with E-state index in [1.165, 1.54) is 24.3 Å². The number of carbonyl (C=O) groups is 1. The molecular weight excluding hydrogens is 378 g/mol. The van der Waals surface area contributed by atoms with Crippen molar-refractivity contribution >= 4 is 15.9 Å². The lowest BCUT2D eigenvalue weighted by Crippen LogP contribution is -2.45. The highest BCUT2D eigenvalue weighted by atomic mass is 32.2. The molecule has 1 heterocycles. The number of amides is 1. The van der Waals surface area contributed by atoms with Crippen molar-refractivity contribution in [1.29, 1.82) is 0 Å². The third kappa shape index (κ3) is 4.99. The van der Waals surface area contributed by atoms with Gasteiger partial charge in [0.05, 0.1) is 6.04 Å². The number of benzene rings is 1. The minimum absolute atomic E-state index is 0.0208.